The predicted molar refractivity (Wildman–Crippen MR) is 114 cm³/mol. The largest absolute Gasteiger partial charge is 0.507 e. The van der Waals surface area contributed by atoms with Gasteiger partial charge in [-0.25, -0.2) is 0 Å². The molecule has 0 bridgehead atoms. The zero-order valence-corrected chi connectivity index (χ0v) is 16.0. The number of fused-ring (bicyclic) bond motifs is 2. The SMILES string of the molecule is CCC(C)C(=O)Oc1ccc(-c2ccc(O)c3ccccc23)c2ccccc12. The van der Waals surface area contributed by atoms with Crippen molar-refractivity contribution < 1.29 is 14.6 Å². The fraction of sp³-hybridized carbons (Fsp3) is 0.160. The predicted octanol–water partition coefficient (Wildman–Crippen LogP) is 6.32. The number of hydrogen-bond donors (Lipinski definition) is 1. The van der Waals surface area contributed by atoms with Crippen molar-refractivity contribution in [3.05, 3.63) is 72.8 Å². The van der Waals surface area contributed by atoms with Gasteiger partial charge in [-0.3, -0.25) is 4.79 Å². The lowest BCUT2D eigenvalue weighted by atomic mass is 9.93. The van der Waals surface area contributed by atoms with Gasteiger partial charge in [0.2, 0.25) is 0 Å². The Labute approximate surface area is 164 Å². The number of hydrogen-bond acceptors (Lipinski definition) is 3. The number of phenolic OH excluding ortho intramolecular Hbond substituents is 1. The minimum absolute atomic E-state index is 0.139. The molecule has 0 spiro atoms. The van der Waals surface area contributed by atoms with E-state index < -0.39 is 0 Å². The summed E-state index contributed by atoms with van der Waals surface area (Å²) in [4.78, 5) is 12.3. The normalized spacial score (nSPS) is 12.2. The van der Waals surface area contributed by atoms with Gasteiger partial charge in [0.05, 0.1) is 5.92 Å². The number of ether oxygens (including phenoxy) is 1. The zero-order valence-electron chi connectivity index (χ0n) is 16.0. The lowest BCUT2D eigenvalue weighted by molar-refractivity contribution is -0.138. The van der Waals surface area contributed by atoms with Gasteiger partial charge in [0.15, 0.2) is 0 Å². The number of phenols is 1. The molecule has 1 unspecified atom stereocenters. The Morgan fingerprint density at radius 2 is 1.36 bits per heavy atom. The zero-order chi connectivity index (χ0) is 19.7. The number of carbonyl (C=O) groups is 1. The molecule has 0 aliphatic carbocycles. The molecule has 140 valence electrons. The molecular formula is C25H22O3. The van der Waals surface area contributed by atoms with E-state index in [1.165, 1.54) is 0 Å². The van der Waals surface area contributed by atoms with Gasteiger partial charge in [-0.2, -0.15) is 0 Å². The maximum atomic E-state index is 12.3. The molecule has 0 aromatic heterocycles. The van der Waals surface area contributed by atoms with E-state index in [9.17, 15) is 9.90 Å². The summed E-state index contributed by atoms with van der Waals surface area (Å²) in [6, 6.07) is 23.3. The van der Waals surface area contributed by atoms with Gasteiger partial charge in [-0.05, 0) is 40.5 Å². The van der Waals surface area contributed by atoms with Gasteiger partial charge in [0.25, 0.3) is 0 Å². The second-order valence-corrected chi connectivity index (χ2v) is 7.07. The van der Waals surface area contributed by atoms with Crippen molar-refractivity contribution in [1.82, 2.24) is 0 Å². The van der Waals surface area contributed by atoms with Gasteiger partial charge in [-0.15, -0.1) is 0 Å². The average Bonchev–Trinajstić information content (AvgIpc) is 2.74. The van der Waals surface area contributed by atoms with Crippen LogP contribution in [0, 0.1) is 5.92 Å². The van der Waals surface area contributed by atoms with E-state index >= 15 is 0 Å². The highest BCUT2D eigenvalue weighted by Crippen LogP contribution is 2.39. The Morgan fingerprint density at radius 3 is 2.00 bits per heavy atom. The lowest BCUT2D eigenvalue weighted by Gasteiger charge is -2.15. The van der Waals surface area contributed by atoms with Crippen LogP contribution in [0.4, 0.5) is 0 Å². The fourth-order valence-electron chi connectivity index (χ4n) is 3.49. The Hall–Kier alpha value is -3.33. The molecule has 4 aromatic rings. The van der Waals surface area contributed by atoms with Crippen molar-refractivity contribution in [2.75, 3.05) is 0 Å². The summed E-state index contributed by atoms with van der Waals surface area (Å²) in [5.74, 6) is 0.491. The first-order chi connectivity index (χ1) is 13.6. The summed E-state index contributed by atoms with van der Waals surface area (Å²) in [6.07, 6.45) is 0.744. The first kappa shape index (κ1) is 18.1. The van der Waals surface area contributed by atoms with Crippen molar-refractivity contribution in [1.29, 1.82) is 0 Å². The van der Waals surface area contributed by atoms with Gasteiger partial charge >= 0.3 is 5.97 Å². The second-order valence-electron chi connectivity index (χ2n) is 7.07. The summed E-state index contributed by atoms with van der Waals surface area (Å²) in [5.41, 5.74) is 2.07. The summed E-state index contributed by atoms with van der Waals surface area (Å²) < 4.78 is 5.70. The number of benzene rings is 4. The number of rotatable bonds is 4. The van der Waals surface area contributed by atoms with E-state index in [0.717, 1.165) is 39.1 Å². The highest BCUT2D eigenvalue weighted by Gasteiger charge is 2.17. The smallest absolute Gasteiger partial charge is 0.314 e. The van der Waals surface area contributed by atoms with Crippen molar-refractivity contribution in [2.24, 2.45) is 5.92 Å². The van der Waals surface area contributed by atoms with Crippen LogP contribution in [-0.4, -0.2) is 11.1 Å². The molecule has 0 heterocycles. The minimum atomic E-state index is -0.213. The topological polar surface area (TPSA) is 46.5 Å². The van der Waals surface area contributed by atoms with E-state index in [1.54, 1.807) is 6.07 Å². The molecule has 0 amide bonds. The molecular weight excluding hydrogens is 348 g/mol. The van der Waals surface area contributed by atoms with Crippen LogP contribution in [0.15, 0.2) is 72.8 Å². The highest BCUT2D eigenvalue weighted by atomic mass is 16.5. The lowest BCUT2D eigenvalue weighted by Crippen LogP contribution is -2.17. The molecule has 0 aliphatic rings. The molecule has 4 aromatic carbocycles. The average molecular weight is 370 g/mol. The maximum Gasteiger partial charge on any atom is 0.314 e. The van der Waals surface area contributed by atoms with Crippen LogP contribution in [0.25, 0.3) is 32.7 Å². The van der Waals surface area contributed by atoms with Crippen molar-refractivity contribution in [2.45, 2.75) is 20.3 Å². The minimum Gasteiger partial charge on any atom is -0.507 e. The van der Waals surface area contributed by atoms with Crippen LogP contribution in [0.3, 0.4) is 0 Å². The maximum absolute atomic E-state index is 12.3. The molecule has 0 fully saturated rings. The Kier molecular flexibility index (Phi) is 4.74. The van der Waals surface area contributed by atoms with E-state index in [0.29, 0.717) is 5.75 Å². The first-order valence-electron chi connectivity index (χ1n) is 9.54. The van der Waals surface area contributed by atoms with Crippen LogP contribution in [0.2, 0.25) is 0 Å². The molecule has 0 aliphatic heterocycles. The molecule has 0 radical (unpaired) electrons. The van der Waals surface area contributed by atoms with Crippen LogP contribution < -0.4 is 4.74 Å². The molecule has 4 rings (SSSR count). The van der Waals surface area contributed by atoms with Crippen molar-refractivity contribution >= 4 is 27.5 Å². The molecule has 3 heteroatoms. The molecule has 3 nitrogen and oxygen atoms in total. The molecule has 0 saturated heterocycles. The standard InChI is InChI=1S/C25H22O3/c1-3-16(2)25(27)28-24-15-13-20(18-9-5-7-11-22(18)24)19-12-14-23(26)21-10-6-4-8-17(19)21/h4-16,26H,3H2,1-2H3. The molecule has 0 saturated carbocycles. The van der Waals surface area contributed by atoms with Crippen LogP contribution in [-0.2, 0) is 4.79 Å². The number of aromatic hydroxyl groups is 1. The summed E-state index contributed by atoms with van der Waals surface area (Å²) in [6.45, 7) is 3.85. The third-order valence-electron chi connectivity index (χ3n) is 5.30. The van der Waals surface area contributed by atoms with Gasteiger partial charge in [-0.1, -0.05) is 74.5 Å². The van der Waals surface area contributed by atoms with Crippen molar-refractivity contribution in [3.63, 3.8) is 0 Å². The van der Waals surface area contributed by atoms with Gasteiger partial charge < -0.3 is 9.84 Å². The third-order valence-corrected chi connectivity index (χ3v) is 5.30. The summed E-state index contributed by atoms with van der Waals surface area (Å²) in [5, 5.41) is 13.9. The van der Waals surface area contributed by atoms with E-state index in [-0.39, 0.29) is 17.6 Å². The van der Waals surface area contributed by atoms with Crippen molar-refractivity contribution in [3.8, 4) is 22.6 Å². The second kappa shape index (κ2) is 7.35. The quantitative estimate of drug-likeness (QED) is 0.338. The third kappa shape index (κ3) is 3.09. The van der Waals surface area contributed by atoms with E-state index in [4.69, 9.17) is 4.74 Å². The molecule has 1 atom stereocenters. The number of esters is 1. The summed E-state index contributed by atoms with van der Waals surface area (Å²) in [7, 11) is 0. The Balaban J connectivity index is 1.90. The van der Waals surface area contributed by atoms with E-state index in [2.05, 4.69) is 0 Å². The Morgan fingerprint density at radius 1 is 0.821 bits per heavy atom. The molecule has 28 heavy (non-hydrogen) atoms. The summed E-state index contributed by atoms with van der Waals surface area (Å²) >= 11 is 0. The number of carbonyl (C=O) groups excluding carboxylic acids is 1. The van der Waals surface area contributed by atoms with Gasteiger partial charge in [0, 0.05) is 10.8 Å². The fourth-order valence-corrected chi connectivity index (χ4v) is 3.49. The first-order valence-corrected chi connectivity index (χ1v) is 9.54. The molecule has 1 N–H and O–H groups in total. The van der Waals surface area contributed by atoms with Crippen LogP contribution >= 0.6 is 0 Å². The van der Waals surface area contributed by atoms with Crippen LogP contribution in [0.1, 0.15) is 20.3 Å². The highest BCUT2D eigenvalue weighted by molar-refractivity contribution is 6.08. The van der Waals surface area contributed by atoms with Crippen LogP contribution in [0.5, 0.6) is 11.5 Å². The monoisotopic (exact) mass is 370 g/mol. The van der Waals surface area contributed by atoms with Gasteiger partial charge in [0.1, 0.15) is 11.5 Å². The van der Waals surface area contributed by atoms with E-state index in [1.807, 2.05) is 80.6 Å². The Bertz CT molecular complexity index is 1180.